The first kappa shape index (κ1) is 13.4. The number of hydrogen-bond acceptors (Lipinski definition) is 1. The van der Waals surface area contributed by atoms with Crippen molar-refractivity contribution in [1.82, 2.24) is 0 Å². The molecule has 0 aromatic heterocycles. The van der Waals surface area contributed by atoms with Gasteiger partial charge >= 0.3 is 0 Å². The van der Waals surface area contributed by atoms with E-state index in [4.69, 9.17) is 11.6 Å². The van der Waals surface area contributed by atoms with Crippen molar-refractivity contribution in [3.63, 3.8) is 0 Å². The minimum atomic E-state index is 0.129. The van der Waals surface area contributed by atoms with Crippen LogP contribution in [0, 0.1) is 5.92 Å². The van der Waals surface area contributed by atoms with Crippen molar-refractivity contribution in [2.24, 2.45) is 5.92 Å². The largest absolute Gasteiger partial charge is 0.325 e. The molecule has 2 nitrogen and oxygen atoms in total. The van der Waals surface area contributed by atoms with Crippen LogP contribution in [0.1, 0.15) is 44.6 Å². The van der Waals surface area contributed by atoms with Crippen LogP contribution in [0.15, 0.2) is 18.2 Å². The highest BCUT2D eigenvalue weighted by molar-refractivity contribution is 6.33. The molecule has 0 atom stereocenters. The predicted octanol–water partition coefficient (Wildman–Crippen LogP) is 4.42. The first-order chi connectivity index (χ1) is 8.70. The van der Waals surface area contributed by atoms with Crippen molar-refractivity contribution < 1.29 is 4.79 Å². The van der Waals surface area contributed by atoms with Gasteiger partial charge in [0.2, 0.25) is 5.91 Å². The average Bonchev–Trinajstić information content (AvgIpc) is 2.42. The van der Waals surface area contributed by atoms with E-state index in [1.807, 2.05) is 18.2 Å². The third kappa shape index (κ3) is 3.26. The first-order valence-electron chi connectivity index (χ1n) is 6.80. The second-order valence-corrected chi connectivity index (χ2v) is 5.40. The second-order valence-electron chi connectivity index (χ2n) is 4.99. The van der Waals surface area contributed by atoms with Crippen LogP contribution in [0.25, 0.3) is 0 Å². The van der Waals surface area contributed by atoms with E-state index in [0.717, 1.165) is 24.9 Å². The molecule has 1 aromatic carbocycles. The molecule has 2 rings (SSSR count). The molecule has 1 fully saturated rings. The average molecular weight is 266 g/mol. The maximum absolute atomic E-state index is 12.1. The Morgan fingerprint density at radius 1 is 1.33 bits per heavy atom. The van der Waals surface area contributed by atoms with Crippen LogP contribution < -0.4 is 5.32 Å². The van der Waals surface area contributed by atoms with Gasteiger partial charge in [0.1, 0.15) is 0 Å². The molecule has 0 spiro atoms. The topological polar surface area (TPSA) is 29.1 Å². The van der Waals surface area contributed by atoms with Gasteiger partial charge in [0.25, 0.3) is 0 Å². The standard InChI is InChI=1S/C15H20ClNO/c1-2-11-8-9-13(16)14(10-11)17-15(18)12-6-4-3-5-7-12/h8-10,12H,2-7H2,1H3,(H,17,18). The lowest BCUT2D eigenvalue weighted by Gasteiger charge is -2.21. The summed E-state index contributed by atoms with van der Waals surface area (Å²) in [7, 11) is 0. The minimum absolute atomic E-state index is 0.129. The molecule has 1 aliphatic rings. The summed E-state index contributed by atoms with van der Waals surface area (Å²) in [6.45, 7) is 2.09. The third-order valence-electron chi connectivity index (χ3n) is 3.67. The van der Waals surface area contributed by atoms with Crippen molar-refractivity contribution in [3.05, 3.63) is 28.8 Å². The van der Waals surface area contributed by atoms with Crippen molar-refractivity contribution in [2.45, 2.75) is 45.4 Å². The highest BCUT2D eigenvalue weighted by atomic mass is 35.5. The molecule has 1 amide bonds. The van der Waals surface area contributed by atoms with Gasteiger partial charge in [-0.25, -0.2) is 0 Å². The second kappa shape index (κ2) is 6.24. The van der Waals surface area contributed by atoms with Gasteiger partial charge in [-0.15, -0.1) is 0 Å². The Labute approximate surface area is 114 Å². The lowest BCUT2D eigenvalue weighted by Crippen LogP contribution is -2.24. The fourth-order valence-corrected chi connectivity index (χ4v) is 2.65. The number of rotatable bonds is 3. The molecular weight excluding hydrogens is 246 g/mol. The predicted molar refractivity (Wildman–Crippen MR) is 76.0 cm³/mol. The smallest absolute Gasteiger partial charge is 0.227 e. The van der Waals surface area contributed by atoms with Gasteiger partial charge in [-0.2, -0.15) is 0 Å². The number of carbonyl (C=O) groups excluding carboxylic acids is 1. The van der Waals surface area contributed by atoms with Crippen LogP contribution in [-0.2, 0) is 11.2 Å². The lowest BCUT2D eigenvalue weighted by atomic mass is 9.88. The first-order valence-corrected chi connectivity index (χ1v) is 7.17. The van der Waals surface area contributed by atoms with Crippen LogP contribution in [0.5, 0.6) is 0 Å². The molecule has 1 N–H and O–H groups in total. The monoisotopic (exact) mass is 265 g/mol. The summed E-state index contributed by atoms with van der Waals surface area (Å²) >= 11 is 6.12. The van der Waals surface area contributed by atoms with Crippen molar-refractivity contribution in [3.8, 4) is 0 Å². The molecule has 0 radical (unpaired) electrons. The van der Waals surface area contributed by atoms with Gasteiger partial charge < -0.3 is 5.32 Å². The summed E-state index contributed by atoms with van der Waals surface area (Å²) in [5.41, 5.74) is 1.95. The zero-order valence-corrected chi connectivity index (χ0v) is 11.6. The minimum Gasteiger partial charge on any atom is -0.325 e. The maximum Gasteiger partial charge on any atom is 0.227 e. The Balaban J connectivity index is 2.05. The number of benzene rings is 1. The van der Waals surface area contributed by atoms with Gasteiger partial charge in [-0.05, 0) is 37.0 Å². The van der Waals surface area contributed by atoms with E-state index in [9.17, 15) is 4.79 Å². The molecule has 0 aliphatic heterocycles. The molecule has 1 aliphatic carbocycles. The molecule has 98 valence electrons. The molecule has 3 heteroatoms. The number of halogens is 1. The quantitative estimate of drug-likeness (QED) is 0.861. The van der Waals surface area contributed by atoms with Gasteiger partial charge in [0, 0.05) is 5.92 Å². The number of amides is 1. The number of carbonyl (C=O) groups is 1. The summed E-state index contributed by atoms with van der Waals surface area (Å²) in [5.74, 6) is 0.296. The van der Waals surface area contributed by atoms with E-state index < -0.39 is 0 Å². The van der Waals surface area contributed by atoms with Crippen molar-refractivity contribution in [2.75, 3.05) is 5.32 Å². The zero-order chi connectivity index (χ0) is 13.0. The SMILES string of the molecule is CCc1ccc(Cl)c(NC(=O)C2CCCCC2)c1. The number of anilines is 1. The Hall–Kier alpha value is -1.02. The van der Waals surface area contributed by atoms with Crippen molar-refractivity contribution >= 4 is 23.2 Å². The molecule has 1 aromatic rings. The van der Waals surface area contributed by atoms with Crippen LogP contribution in [0.2, 0.25) is 5.02 Å². The van der Waals surface area contributed by atoms with Crippen LogP contribution >= 0.6 is 11.6 Å². The summed E-state index contributed by atoms with van der Waals surface area (Å²) in [6.07, 6.45) is 6.56. The molecule has 18 heavy (non-hydrogen) atoms. The van der Waals surface area contributed by atoms with E-state index in [1.165, 1.54) is 24.8 Å². The van der Waals surface area contributed by atoms with Gasteiger partial charge in [-0.1, -0.05) is 43.9 Å². The van der Waals surface area contributed by atoms with Crippen LogP contribution in [-0.4, -0.2) is 5.91 Å². The summed E-state index contributed by atoms with van der Waals surface area (Å²) in [4.78, 5) is 12.1. The highest BCUT2D eigenvalue weighted by Gasteiger charge is 2.21. The van der Waals surface area contributed by atoms with E-state index in [2.05, 4.69) is 12.2 Å². The van der Waals surface area contributed by atoms with Gasteiger partial charge in [-0.3, -0.25) is 4.79 Å². The van der Waals surface area contributed by atoms with Gasteiger partial charge in [0.05, 0.1) is 10.7 Å². The molecule has 0 heterocycles. The van der Waals surface area contributed by atoms with Crippen molar-refractivity contribution in [1.29, 1.82) is 0 Å². The van der Waals surface area contributed by atoms with Gasteiger partial charge in [0.15, 0.2) is 0 Å². The summed E-state index contributed by atoms with van der Waals surface area (Å²) < 4.78 is 0. The van der Waals surface area contributed by atoms with E-state index in [0.29, 0.717) is 5.02 Å². The molecule has 1 saturated carbocycles. The fourth-order valence-electron chi connectivity index (χ4n) is 2.49. The normalized spacial score (nSPS) is 16.6. The number of hydrogen-bond donors (Lipinski definition) is 1. The Bertz CT molecular complexity index is 425. The molecule has 0 bridgehead atoms. The summed E-state index contributed by atoms with van der Waals surface area (Å²) in [6, 6.07) is 5.83. The highest BCUT2D eigenvalue weighted by Crippen LogP contribution is 2.28. The van der Waals surface area contributed by atoms with Crippen LogP contribution in [0.4, 0.5) is 5.69 Å². The Kier molecular flexibility index (Phi) is 4.65. The maximum atomic E-state index is 12.1. The van der Waals surface area contributed by atoms with Crippen LogP contribution in [0.3, 0.4) is 0 Å². The lowest BCUT2D eigenvalue weighted by molar-refractivity contribution is -0.120. The Morgan fingerprint density at radius 2 is 2.06 bits per heavy atom. The van der Waals surface area contributed by atoms with E-state index in [1.54, 1.807) is 0 Å². The Morgan fingerprint density at radius 3 is 2.72 bits per heavy atom. The molecule has 0 unspecified atom stereocenters. The summed E-state index contributed by atoms with van der Waals surface area (Å²) in [5, 5.41) is 3.61. The van der Waals surface area contributed by atoms with E-state index >= 15 is 0 Å². The number of aryl methyl sites for hydroxylation is 1. The molecular formula is C15H20ClNO. The fraction of sp³-hybridized carbons (Fsp3) is 0.533. The zero-order valence-electron chi connectivity index (χ0n) is 10.8. The van der Waals surface area contributed by atoms with E-state index in [-0.39, 0.29) is 11.8 Å². The molecule has 0 saturated heterocycles. The number of nitrogens with one attached hydrogen (secondary N) is 1. The third-order valence-corrected chi connectivity index (χ3v) is 4.00.